The average molecular weight is 267 g/mol. The highest BCUT2D eigenvalue weighted by atomic mass is 32.2. The third-order valence-corrected chi connectivity index (χ3v) is 4.74. The first-order valence-electron chi connectivity index (χ1n) is 6.35. The maximum Gasteiger partial charge on any atom is 0.268 e. The first-order chi connectivity index (χ1) is 8.60. The van der Waals surface area contributed by atoms with Crippen LogP contribution in [0.2, 0.25) is 0 Å². The highest BCUT2D eigenvalue weighted by Crippen LogP contribution is 2.27. The normalized spacial score (nSPS) is 23.9. The van der Waals surface area contributed by atoms with Gasteiger partial charge in [-0.25, -0.2) is 0 Å². The molecule has 0 bridgehead atoms. The van der Waals surface area contributed by atoms with Crippen molar-refractivity contribution in [2.75, 3.05) is 12.0 Å². The van der Waals surface area contributed by atoms with E-state index in [-0.39, 0.29) is 5.91 Å². The summed E-state index contributed by atoms with van der Waals surface area (Å²) < 4.78 is 1.78. The van der Waals surface area contributed by atoms with E-state index in [4.69, 9.17) is 5.73 Å². The van der Waals surface area contributed by atoms with Crippen molar-refractivity contribution >= 4 is 23.4 Å². The number of nitrogen functional groups attached to an aromatic ring is 1. The molecule has 0 aromatic carbocycles. The van der Waals surface area contributed by atoms with E-state index in [1.54, 1.807) is 16.8 Å². The van der Waals surface area contributed by atoms with Crippen LogP contribution >= 0.6 is 11.8 Å². The maximum absolute atomic E-state index is 12.1. The second-order valence-electron chi connectivity index (χ2n) is 4.95. The molecule has 5 heteroatoms. The molecule has 1 aliphatic carbocycles. The largest absolute Gasteiger partial charge is 0.397 e. The topological polar surface area (TPSA) is 60.1 Å². The van der Waals surface area contributed by atoms with Gasteiger partial charge in [-0.3, -0.25) is 4.79 Å². The fraction of sp³-hybridized carbons (Fsp3) is 0.615. The monoisotopic (exact) mass is 267 g/mol. The van der Waals surface area contributed by atoms with Gasteiger partial charge in [-0.2, -0.15) is 11.8 Å². The number of nitrogens with one attached hydrogen (secondary N) is 1. The summed E-state index contributed by atoms with van der Waals surface area (Å²) in [7, 11) is 1.84. The Kier molecular flexibility index (Phi) is 4.22. The standard InChI is InChI=1S/C13H21N3OS/c1-16-8-9(14)7-12(16)13(17)15-10-3-5-11(18-2)6-4-10/h7-8,10-11H,3-6,14H2,1-2H3,(H,15,17). The van der Waals surface area contributed by atoms with Crippen molar-refractivity contribution in [1.29, 1.82) is 0 Å². The van der Waals surface area contributed by atoms with E-state index in [1.807, 2.05) is 18.8 Å². The summed E-state index contributed by atoms with van der Waals surface area (Å²) in [4.78, 5) is 12.1. The zero-order valence-corrected chi connectivity index (χ0v) is 11.8. The molecule has 0 aliphatic heterocycles. The molecule has 0 unspecified atom stereocenters. The minimum absolute atomic E-state index is 0.0122. The Balaban J connectivity index is 1.90. The summed E-state index contributed by atoms with van der Waals surface area (Å²) in [6.45, 7) is 0. The van der Waals surface area contributed by atoms with Gasteiger partial charge >= 0.3 is 0 Å². The van der Waals surface area contributed by atoms with E-state index >= 15 is 0 Å². The van der Waals surface area contributed by atoms with E-state index < -0.39 is 0 Å². The van der Waals surface area contributed by atoms with Crippen LogP contribution in [0.5, 0.6) is 0 Å². The fourth-order valence-corrected chi connectivity index (χ4v) is 3.26. The van der Waals surface area contributed by atoms with Crippen molar-refractivity contribution in [2.45, 2.75) is 37.0 Å². The number of nitrogens with two attached hydrogens (primary N) is 1. The van der Waals surface area contributed by atoms with Crippen molar-refractivity contribution in [2.24, 2.45) is 7.05 Å². The number of nitrogens with zero attached hydrogens (tertiary/aromatic N) is 1. The fourth-order valence-electron chi connectivity index (χ4n) is 2.52. The van der Waals surface area contributed by atoms with E-state index in [9.17, 15) is 4.79 Å². The van der Waals surface area contributed by atoms with Crippen molar-refractivity contribution in [1.82, 2.24) is 9.88 Å². The molecule has 1 amide bonds. The molecule has 1 saturated carbocycles. The van der Waals surface area contributed by atoms with Crippen LogP contribution in [-0.2, 0) is 7.05 Å². The van der Waals surface area contributed by atoms with Gasteiger partial charge in [0.25, 0.3) is 5.91 Å². The van der Waals surface area contributed by atoms with E-state index in [2.05, 4.69) is 11.6 Å². The quantitative estimate of drug-likeness (QED) is 0.880. The van der Waals surface area contributed by atoms with E-state index in [0.29, 0.717) is 17.4 Å². The van der Waals surface area contributed by atoms with Gasteiger partial charge in [-0.05, 0) is 38.0 Å². The number of aryl methyl sites for hydroxylation is 1. The minimum Gasteiger partial charge on any atom is -0.397 e. The molecule has 0 spiro atoms. The number of hydrogen-bond donors (Lipinski definition) is 2. The SMILES string of the molecule is CSC1CCC(NC(=O)c2cc(N)cn2C)CC1. The highest BCUT2D eigenvalue weighted by molar-refractivity contribution is 7.99. The molecule has 0 atom stereocenters. The Bertz CT molecular complexity index is 422. The Labute approximate surface area is 112 Å². The Morgan fingerprint density at radius 3 is 2.61 bits per heavy atom. The average Bonchev–Trinajstić information content (AvgIpc) is 2.69. The predicted octanol–water partition coefficient (Wildman–Crippen LogP) is 2.01. The van der Waals surface area contributed by atoms with Crippen LogP contribution in [0.4, 0.5) is 5.69 Å². The molecule has 0 radical (unpaired) electrons. The van der Waals surface area contributed by atoms with E-state index in [1.165, 1.54) is 12.8 Å². The molecule has 2 rings (SSSR count). The van der Waals surface area contributed by atoms with Gasteiger partial charge in [0.1, 0.15) is 5.69 Å². The third-order valence-electron chi connectivity index (χ3n) is 3.60. The number of carbonyl (C=O) groups is 1. The molecular formula is C13H21N3OS. The summed E-state index contributed by atoms with van der Waals surface area (Å²) in [5, 5.41) is 3.88. The lowest BCUT2D eigenvalue weighted by Crippen LogP contribution is -2.38. The van der Waals surface area contributed by atoms with E-state index in [0.717, 1.165) is 18.1 Å². The first-order valence-corrected chi connectivity index (χ1v) is 7.64. The van der Waals surface area contributed by atoms with Crippen LogP contribution in [0.25, 0.3) is 0 Å². The third kappa shape index (κ3) is 3.02. The van der Waals surface area contributed by atoms with Crippen molar-refractivity contribution in [3.05, 3.63) is 18.0 Å². The number of aromatic nitrogens is 1. The summed E-state index contributed by atoms with van der Waals surface area (Å²) in [5.41, 5.74) is 6.95. The van der Waals surface area contributed by atoms with Gasteiger partial charge in [0.2, 0.25) is 0 Å². The van der Waals surface area contributed by atoms with Crippen LogP contribution in [0.15, 0.2) is 12.3 Å². The molecule has 1 aromatic heterocycles. The summed E-state index contributed by atoms with van der Waals surface area (Å²) in [6, 6.07) is 2.04. The minimum atomic E-state index is -0.0122. The van der Waals surface area contributed by atoms with Crippen LogP contribution in [0.3, 0.4) is 0 Å². The number of anilines is 1. The predicted molar refractivity (Wildman–Crippen MR) is 76.9 cm³/mol. The highest BCUT2D eigenvalue weighted by Gasteiger charge is 2.22. The lowest BCUT2D eigenvalue weighted by molar-refractivity contribution is 0.0920. The second kappa shape index (κ2) is 5.69. The summed E-state index contributed by atoms with van der Waals surface area (Å²) >= 11 is 1.94. The summed E-state index contributed by atoms with van der Waals surface area (Å²) in [5.74, 6) is -0.0122. The van der Waals surface area contributed by atoms with Gasteiger partial charge in [-0.1, -0.05) is 0 Å². The zero-order chi connectivity index (χ0) is 13.1. The Hall–Kier alpha value is -1.10. The van der Waals surface area contributed by atoms with Crippen LogP contribution in [-0.4, -0.2) is 28.0 Å². The number of amides is 1. The first kappa shape index (κ1) is 13.3. The number of hydrogen-bond acceptors (Lipinski definition) is 3. The molecule has 0 saturated heterocycles. The molecule has 4 nitrogen and oxygen atoms in total. The lowest BCUT2D eigenvalue weighted by Gasteiger charge is -2.28. The maximum atomic E-state index is 12.1. The molecule has 100 valence electrons. The van der Waals surface area contributed by atoms with Crippen LogP contribution in [0.1, 0.15) is 36.2 Å². The molecule has 1 fully saturated rings. The van der Waals surface area contributed by atoms with Crippen LogP contribution < -0.4 is 11.1 Å². The molecule has 1 aromatic rings. The Morgan fingerprint density at radius 2 is 2.11 bits per heavy atom. The van der Waals surface area contributed by atoms with Crippen molar-refractivity contribution < 1.29 is 4.79 Å². The second-order valence-corrected chi connectivity index (χ2v) is 6.09. The molecule has 1 heterocycles. The molecular weight excluding hydrogens is 246 g/mol. The summed E-state index contributed by atoms with van der Waals surface area (Å²) in [6.07, 6.45) is 8.48. The lowest BCUT2D eigenvalue weighted by atomic mass is 9.95. The van der Waals surface area contributed by atoms with Crippen molar-refractivity contribution in [3.63, 3.8) is 0 Å². The molecule has 3 N–H and O–H groups in total. The van der Waals surface area contributed by atoms with Crippen molar-refractivity contribution in [3.8, 4) is 0 Å². The molecule has 1 aliphatic rings. The number of carbonyl (C=O) groups excluding carboxylic acids is 1. The van der Waals surface area contributed by atoms with Gasteiger partial charge in [-0.15, -0.1) is 0 Å². The van der Waals surface area contributed by atoms with Gasteiger partial charge in [0.15, 0.2) is 0 Å². The zero-order valence-electron chi connectivity index (χ0n) is 11.0. The van der Waals surface area contributed by atoms with Crippen LogP contribution in [0, 0.1) is 0 Å². The Morgan fingerprint density at radius 1 is 1.44 bits per heavy atom. The van der Waals surface area contributed by atoms with Gasteiger partial charge in [0, 0.05) is 24.5 Å². The van der Waals surface area contributed by atoms with Gasteiger partial charge in [0.05, 0.1) is 5.69 Å². The smallest absolute Gasteiger partial charge is 0.268 e. The molecule has 18 heavy (non-hydrogen) atoms. The number of thioether (sulfide) groups is 1. The number of rotatable bonds is 3. The van der Waals surface area contributed by atoms with Gasteiger partial charge < -0.3 is 15.6 Å².